The van der Waals surface area contributed by atoms with E-state index in [4.69, 9.17) is 9.47 Å². The van der Waals surface area contributed by atoms with Gasteiger partial charge in [-0.3, -0.25) is 4.79 Å². The lowest BCUT2D eigenvalue weighted by molar-refractivity contribution is -0.122. The Morgan fingerprint density at radius 1 is 1.11 bits per heavy atom. The number of carbonyl (C=O) groups excluding carboxylic acids is 2. The maximum absolute atomic E-state index is 12.6. The maximum atomic E-state index is 12.6. The predicted octanol–water partition coefficient (Wildman–Crippen LogP) is 4.55. The average molecular weight is 388 g/mol. The van der Waals surface area contributed by atoms with Crippen LogP contribution in [-0.4, -0.2) is 25.1 Å². The number of nitrogens with one attached hydrogen (secondary N) is 1. The van der Waals surface area contributed by atoms with E-state index in [-0.39, 0.29) is 5.91 Å². The van der Waals surface area contributed by atoms with Crippen molar-refractivity contribution in [3.63, 3.8) is 0 Å². The Morgan fingerprint density at radius 2 is 1.81 bits per heavy atom. The highest BCUT2D eigenvalue weighted by Gasteiger charge is 2.29. The number of thiophene rings is 1. The summed E-state index contributed by atoms with van der Waals surface area (Å²) in [4.78, 5) is 25.9. The molecule has 1 amide bonds. The van der Waals surface area contributed by atoms with Crippen LogP contribution in [0, 0.1) is 0 Å². The number of hydrogen-bond donors (Lipinski definition) is 1. The van der Waals surface area contributed by atoms with E-state index in [1.54, 1.807) is 6.92 Å². The van der Waals surface area contributed by atoms with Crippen LogP contribution in [0.5, 0.6) is 5.75 Å². The maximum Gasteiger partial charge on any atom is 0.341 e. The molecule has 3 rings (SSSR count). The van der Waals surface area contributed by atoms with Crippen LogP contribution in [0.4, 0.5) is 5.00 Å². The van der Waals surface area contributed by atoms with Crippen LogP contribution < -0.4 is 10.1 Å². The van der Waals surface area contributed by atoms with Crippen LogP contribution in [-0.2, 0) is 22.4 Å². The first-order chi connectivity index (χ1) is 12.9. The van der Waals surface area contributed by atoms with Crippen molar-refractivity contribution in [3.05, 3.63) is 45.8 Å². The molecule has 1 aliphatic carbocycles. The van der Waals surface area contributed by atoms with Gasteiger partial charge in [0.1, 0.15) is 10.8 Å². The Hall–Kier alpha value is -2.34. The molecule has 1 aromatic carbocycles. The van der Waals surface area contributed by atoms with Gasteiger partial charge >= 0.3 is 5.97 Å². The topological polar surface area (TPSA) is 64.6 Å². The monoisotopic (exact) mass is 387 g/mol. The minimum Gasteiger partial charge on any atom is -0.481 e. The second-order valence-corrected chi connectivity index (χ2v) is 8.13. The van der Waals surface area contributed by atoms with E-state index < -0.39 is 12.1 Å². The molecule has 1 N–H and O–H groups in total. The Labute approximate surface area is 163 Å². The number of carbonyl (C=O) groups is 2. The SMILES string of the molecule is COC(=O)c1c(NC(=O)C(C)Oc2ccc(C(C)C)cc2)sc2c1CCC2. The summed E-state index contributed by atoms with van der Waals surface area (Å²) in [7, 11) is 1.36. The standard InChI is InChI=1S/C21H25NO4S/c1-12(2)14-8-10-15(11-9-14)26-13(3)19(23)22-20-18(21(24)25-4)16-6-5-7-17(16)27-20/h8-13H,5-7H2,1-4H3,(H,22,23). The number of hydrogen-bond acceptors (Lipinski definition) is 5. The molecule has 1 aliphatic rings. The highest BCUT2D eigenvalue weighted by atomic mass is 32.1. The third kappa shape index (κ3) is 4.16. The van der Waals surface area contributed by atoms with E-state index >= 15 is 0 Å². The van der Waals surface area contributed by atoms with Gasteiger partial charge in [-0.25, -0.2) is 4.79 Å². The highest BCUT2D eigenvalue weighted by molar-refractivity contribution is 7.17. The van der Waals surface area contributed by atoms with E-state index in [9.17, 15) is 9.59 Å². The highest BCUT2D eigenvalue weighted by Crippen LogP contribution is 2.39. The van der Waals surface area contributed by atoms with Gasteiger partial charge in [-0.1, -0.05) is 26.0 Å². The number of esters is 1. The number of anilines is 1. The summed E-state index contributed by atoms with van der Waals surface area (Å²) in [5.74, 6) is 0.400. The number of methoxy groups -OCH3 is 1. The van der Waals surface area contributed by atoms with Crippen molar-refractivity contribution in [2.24, 2.45) is 0 Å². The number of ether oxygens (including phenoxy) is 2. The zero-order valence-electron chi connectivity index (χ0n) is 16.1. The number of amides is 1. The van der Waals surface area contributed by atoms with Gasteiger partial charge < -0.3 is 14.8 Å². The summed E-state index contributed by atoms with van der Waals surface area (Å²) in [6, 6.07) is 7.75. The molecule has 0 saturated heterocycles. The van der Waals surface area contributed by atoms with Gasteiger partial charge in [0.2, 0.25) is 0 Å². The van der Waals surface area contributed by atoms with Crippen molar-refractivity contribution in [3.8, 4) is 5.75 Å². The summed E-state index contributed by atoms with van der Waals surface area (Å²) >= 11 is 1.46. The summed E-state index contributed by atoms with van der Waals surface area (Å²) in [6.45, 7) is 5.96. The van der Waals surface area contributed by atoms with Crippen molar-refractivity contribution in [1.29, 1.82) is 0 Å². The van der Waals surface area contributed by atoms with E-state index in [0.717, 1.165) is 29.7 Å². The van der Waals surface area contributed by atoms with Gasteiger partial charge in [0, 0.05) is 4.88 Å². The molecule has 27 heavy (non-hydrogen) atoms. The zero-order chi connectivity index (χ0) is 19.6. The summed E-state index contributed by atoms with van der Waals surface area (Å²) in [5, 5.41) is 3.42. The fourth-order valence-electron chi connectivity index (χ4n) is 3.21. The average Bonchev–Trinajstić information content (AvgIpc) is 3.22. The summed E-state index contributed by atoms with van der Waals surface area (Å²) in [6.07, 6.45) is 2.14. The zero-order valence-corrected chi connectivity index (χ0v) is 16.9. The molecule has 2 aromatic rings. The minimum absolute atomic E-state index is 0.284. The molecular weight excluding hydrogens is 362 g/mol. The van der Waals surface area contributed by atoms with E-state index in [1.165, 1.54) is 24.0 Å². The molecule has 0 fully saturated rings. The molecule has 144 valence electrons. The quantitative estimate of drug-likeness (QED) is 0.739. The van der Waals surface area contributed by atoms with Crippen LogP contribution in [0.3, 0.4) is 0 Å². The van der Waals surface area contributed by atoms with Crippen molar-refractivity contribution >= 4 is 28.2 Å². The van der Waals surface area contributed by atoms with Crippen LogP contribution in [0.15, 0.2) is 24.3 Å². The third-order valence-electron chi connectivity index (χ3n) is 4.78. The fourth-order valence-corrected chi connectivity index (χ4v) is 4.49. The molecule has 0 aliphatic heterocycles. The molecule has 1 heterocycles. The second-order valence-electron chi connectivity index (χ2n) is 7.03. The molecular formula is C21H25NO4S. The third-order valence-corrected chi connectivity index (χ3v) is 5.98. The Balaban J connectivity index is 1.71. The van der Waals surface area contributed by atoms with Gasteiger partial charge in [0.25, 0.3) is 5.91 Å². The number of aryl methyl sites for hydroxylation is 1. The van der Waals surface area contributed by atoms with Crippen molar-refractivity contribution < 1.29 is 19.1 Å². The molecule has 5 nitrogen and oxygen atoms in total. The van der Waals surface area contributed by atoms with Gasteiger partial charge in [-0.2, -0.15) is 0 Å². The fraction of sp³-hybridized carbons (Fsp3) is 0.429. The van der Waals surface area contributed by atoms with Gasteiger partial charge in [0.15, 0.2) is 6.10 Å². The Kier molecular flexibility index (Phi) is 5.85. The molecule has 1 unspecified atom stereocenters. The Morgan fingerprint density at radius 3 is 2.44 bits per heavy atom. The van der Waals surface area contributed by atoms with Crippen molar-refractivity contribution in [2.75, 3.05) is 12.4 Å². The Bertz CT molecular complexity index is 839. The first kappa shape index (κ1) is 19.4. The molecule has 0 spiro atoms. The van der Waals surface area contributed by atoms with Crippen molar-refractivity contribution in [2.45, 2.75) is 52.1 Å². The number of rotatable bonds is 6. The van der Waals surface area contributed by atoms with Crippen LogP contribution in [0.2, 0.25) is 0 Å². The van der Waals surface area contributed by atoms with Gasteiger partial charge in [-0.05, 0) is 55.4 Å². The lowest BCUT2D eigenvalue weighted by atomic mass is 10.0. The predicted molar refractivity (Wildman–Crippen MR) is 107 cm³/mol. The minimum atomic E-state index is -0.683. The first-order valence-electron chi connectivity index (χ1n) is 9.21. The van der Waals surface area contributed by atoms with E-state index in [2.05, 4.69) is 19.2 Å². The summed E-state index contributed by atoms with van der Waals surface area (Å²) < 4.78 is 10.7. The molecule has 0 radical (unpaired) electrons. The lowest BCUT2D eigenvalue weighted by Gasteiger charge is -2.15. The molecule has 0 bridgehead atoms. The smallest absolute Gasteiger partial charge is 0.341 e. The van der Waals surface area contributed by atoms with Crippen LogP contribution >= 0.6 is 11.3 Å². The lowest BCUT2D eigenvalue weighted by Crippen LogP contribution is -2.30. The van der Waals surface area contributed by atoms with Gasteiger partial charge in [0.05, 0.1) is 12.7 Å². The molecule has 1 aromatic heterocycles. The molecule has 1 atom stereocenters. The number of benzene rings is 1. The number of fused-ring (bicyclic) bond motifs is 1. The molecule has 6 heteroatoms. The van der Waals surface area contributed by atoms with Crippen LogP contribution in [0.25, 0.3) is 0 Å². The molecule has 0 saturated carbocycles. The van der Waals surface area contributed by atoms with Gasteiger partial charge in [-0.15, -0.1) is 11.3 Å². The second kappa shape index (κ2) is 8.13. The van der Waals surface area contributed by atoms with Crippen molar-refractivity contribution in [1.82, 2.24) is 0 Å². The summed E-state index contributed by atoms with van der Waals surface area (Å²) in [5.41, 5.74) is 2.73. The van der Waals surface area contributed by atoms with E-state index in [1.807, 2.05) is 24.3 Å². The largest absolute Gasteiger partial charge is 0.481 e. The van der Waals surface area contributed by atoms with E-state index in [0.29, 0.717) is 22.2 Å². The normalized spacial score (nSPS) is 14.0. The first-order valence-corrected chi connectivity index (χ1v) is 10.0. The van der Waals surface area contributed by atoms with Crippen LogP contribution in [0.1, 0.15) is 59.5 Å².